The van der Waals surface area contributed by atoms with Crippen molar-refractivity contribution < 1.29 is 9.59 Å². The highest BCUT2D eigenvalue weighted by molar-refractivity contribution is 8.00. The van der Waals surface area contributed by atoms with Gasteiger partial charge in [-0.15, -0.1) is 20.4 Å². The van der Waals surface area contributed by atoms with Gasteiger partial charge >= 0.3 is 0 Å². The van der Waals surface area contributed by atoms with Crippen LogP contribution in [0.5, 0.6) is 0 Å². The Morgan fingerprint density at radius 1 is 0.781 bits per heavy atom. The van der Waals surface area contributed by atoms with Crippen LogP contribution in [-0.2, 0) is 23.7 Å². The Morgan fingerprint density at radius 3 is 1.59 bits per heavy atom. The van der Waals surface area contributed by atoms with Gasteiger partial charge in [0.1, 0.15) is 12.7 Å². The first-order valence-corrected chi connectivity index (χ1v) is 11.5. The quantitative estimate of drug-likeness (QED) is 0.379. The van der Waals surface area contributed by atoms with E-state index in [9.17, 15) is 9.59 Å². The summed E-state index contributed by atoms with van der Waals surface area (Å²) in [5, 5.41) is 24.4. The Morgan fingerprint density at radius 2 is 1.22 bits per heavy atom. The van der Waals surface area contributed by atoms with Gasteiger partial charge in [0, 0.05) is 36.2 Å². The summed E-state index contributed by atoms with van der Waals surface area (Å²) in [7, 11) is 3.65. The summed E-state index contributed by atoms with van der Waals surface area (Å²) in [6.45, 7) is 0. The first kappa shape index (κ1) is 21.8. The summed E-state index contributed by atoms with van der Waals surface area (Å²) in [5.74, 6) is 0.108. The second kappa shape index (κ2) is 9.83. The van der Waals surface area contributed by atoms with Crippen LogP contribution in [0.25, 0.3) is 10.8 Å². The molecule has 0 radical (unpaired) electrons. The lowest BCUT2D eigenvalue weighted by Gasteiger charge is -2.12. The lowest BCUT2D eigenvalue weighted by Crippen LogP contribution is -2.16. The van der Waals surface area contributed by atoms with Crippen molar-refractivity contribution in [2.24, 2.45) is 14.1 Å². The fourth-order valence-corrected chi connectivity index (χ4v) is 4.34. The van der Waals surface area contributed by atoms with Crippen molar-refractivity contribution in [2.45, 2.75) is 10.3 Å². The monoisotopic (exact) mass is 468 g/mol. The van der Waals surface area contributed by atoms with Gasteiger partial charge in [-0.05, 0) is 12.1 Å². The molecule has 164 valence electrons. The molecule has 12 heteroatoms. The molecule has 2 aromatic heterocycles. The highest BCUT2D eigenvalue weighted by Gasteiger charge is 2.12. The predicted molar refractivity (Wildman–Crippen MR) is 125 cm³/mol. The van der Waals surface area contributed by atoms with Crippen LogP contribution in [0.15, 0.2) is 59.4 Å². The second-order valence-corrected chi connectivity index (χ2v) is 8.71. The largest absolute Gasteiger partial charge is 0.325 e. The molecule has 0 unspecified atom stereocenters. The number of hydrogen-bond acceptors (Lipinski definition) is 8. The van der Waals surface area contributed by atoms with Gasteiger partial charge in [0.25, 0.3) is 0 Å². The fraction of sp³-hybridized carbons (Fsp3) is 0.200. The zero-order valence-electron chi connectivity index (χ0n) is 17.3. The summed E-state index contributed by atoms with van der Waals surface area (Å²) in [5.41, 5.74) is 1.35. The van der Waals surface area contributed by atoms with Crippen molar-refractivity contribution in [1.82, 2.24) is 29.5 Å². The summed E-state index contributed by atoms with van der Waals surface area (Å²) in [6, 6.07) is 11.2. The smallest absolute Gasteiger partial charge is 0.234 e. The van der Waals surface area contributed by atoms with E-state index in [-0.39, 0.29) is 23.3 Å². The molecule has 0 saturated carbocycles. The number of aromatic nitrogens is 6. The normalized spacial score (nSPS) is 10.9. The molecule has 0 aliphatic carbocycles. The molecule has 10 nitrogen and oxygen atoms in total. The molecule has 2 aromatic carbocycles. The molecule has 0 aliphatic heterocycles. The highest BCUT2D eigenvalue weighted by atomic mass is 32.2. The minimum Gasteiger partial charge on any atom is -0.325 e. The van der Waals surface area contributed by atoms with E-state index in [2.05, 4.69) is 31.0 Å². The molecule has 0 spiro atoms. The van der Waals surface area contributed by atoms with Gasteiger partial charge in [-0.1, -0.05) is 47.8 Å². The maximum atomic E-state index is 12.5. The number of fused-ring (bicyclic) bond motifs is 1. The Bertz CT molecular complexity index is 1170. The van der Waals surface area contributed by atoms with Gasteiger partial charge < -0.3 is 19.8 Å². The number of thioether (sulfide) groups is 2. The van der Waals surface area contributed by atoms with Gasteiger partial charge in [-0.2, -0.15) is 0 Å². The molecule has 0 saturated heterocycles. The highest BCUT2D eigenvalue weighted by Crippen LogP contribution is 2.30. The van der Waals surface area contributed by atoms with E-state index in [4.69, 9.17) is 0 Å². The lowest BCUT2D eigenvalue weighted by atomic mass is 10.1. The zero-order chi connectivity index (χ0) is 22.5. The molecule has 32 heavy (non-hydrogen) atoms. The van der Waals surface area contributed by atoms with Gasteiger partial charge in [-0.25, -0.2) is 0 Å². The van der Waals surface area contributed by atoms with E-state index in [0.29, 0.717) is 21.7 Å². The standard InChI is InChI=1S/C20H20N8O2S2/c1-27-11-21-25-19(27)31-9-17(29)23-15-7-3-6-14-13(15)5-4-8-16(14)24-18(30)10-32-20-26-22-12-28(20)2/h3-8,11-12H,9-10H2,1-2H3,(H,23,29)(H,24,30). The number of nitrogens with zero attached hydrogens (tertiary/aromatic N) is 6. The molecule has 0 bridgehead atoms. The number of nitrogens with one attached hydrogen (secondary N) is 2. The Hall–Kier alpha value is -3.38. The number of rotatable bonds is 8. The molecule has 2 N–H and O–H groups in total. The van der Waals surface area contributed by atoms with E-state index in [0.717, 1.165) is 10.8 Å². The second-order valence-electron chi connectivity index (χ2n) is 6.83. The van der Waals surface area contributed by atoms with Crippen LogP contribution in [0.2, 0.25) is 0 Å². The predicted octanol–water partition coefficient (Wildman–Crippen LogP) is 2.56. The van der Waals surface area contributed by atoms with Crippen LogP contribution in [0.1, 0.15) is 0 Å². The third kappa shape index (κ3) is 5.08. The summed E-state index contributed by atoms with van der Waals surface area (Å²) in [4.78, 5) is 25.0. The van der Waals surface area contributed by atoms with Crippen molar-refractivity contribution in [3.05, 3.63) is 49.1 Å². The minimum absolute atomic E-state index is 0.153. The maximum absolute atomic E-state index is 12.5. The van der Waals surface area contributed by atoms with Gasteiger partial charge in [0.15, 0.2) is 10.3 Å². The molecular weight excluding hydrogens is 448 g/mol. The van der Waals surface area contributed by atoms with Crippen LogP contribution < -0.4 is 10.6 Å². The van der Waals surface area contributed by atoms with Crippen LogP contribution >= 0.6 is 23.5 Å². The van der Waals surface area contributed by atoms with Gasteiger partial charge in [0.05, 0.1) is 11.5 Å². The fourth-order valence-electron chi connectivity index (χ4n) is 2.97. The number of hydrogen-bond donors (Lipinski definition) is 2. The number of amides is 2. The van der Waals surface area contributed by atoms with E-state index < -0.39 is 0 Å². The van der Waals surface area contributed by atoms with E-state index in [1.807, 2.05) is 50.5 Å². The maximum Gasteiger partial charge on any atom is 0.234 e. The van der Waals surface area contributed by atoms with Crippen molar-refractivity contribution in [3.8, 4) is 0 Å². The topological polar surface area (TPSA) is 120 Å². The number of anilines is 2. The molecular formula is C20H20N8O2S2. The number of aryl methyl sites for hydroxylation is 2. The molecule has 2 heterocycles. The van der Waals surface area contributed by atoms with Crippen LogP contribution in [0.4, 0.5) is 11.4 Å². The average Bonchev–Trinajstić information content (AvgIpc) is 3.39. The molecule has 0 fully saturated rings. The Balaban J connectivity index is 1.43. The van der Waals surface area contributed by atoms with Crippen molar-refractivity contribution >= 4 is 57.5 Å². The Kier molecular flexibility index (Phi) is 6.71. The number of benzene rings is 2. The molecule has 0 aliphatic rings. The third-order valence-electron chi connectivity index (χ3n) is 4.47. The van der Waals surface area contributed by atoms with Crippen LogP contribution in [0, 0.1) is 0 Å². The van der Waals surface area contributed by atoms with Crippen LogP contribution in [0.3, 0.4) is 0 Å². The van der Waals surface area contributed by atoms with Gasteiger partial charge in [0.2, 0.25) is 11.8 Å². The molecule has 0 atom stereocenters. The van der Waals surface area contributed by atoms with Crippen molar-refractivity contribution in [3.63, 3.8) is 0 Å². The zero-order valence-corrected chi connectivity index (χ0v) is 19.0. The van der Waals surface area contributed by atoms with Crippen molar-refractivity contribution in [1.29, 1.82) is 0 Å². The first-order valence-electron chi connectivity index (χ1n) is 9.56. The van der Waals surface area contributed by atoms with E-state index in [1.165, 1.54) is 23.5 Å². The Labute approximate surface area is 192 Å². The molecule has 4 aromatic rings. The molecule has 4 rings (SSSR count). The average molecular weight is 469 g/mol. The molecule has 2 amide bonds. The summed E-state index contributed by atoms with van der Waals surface area (Å²) in [6.07, 6.45) is 3.18. The van der Waals surface area contributed by atoms with E-state index >= 15 is 0 Å². The van der Waals surface area contributed by atoms with Gasteiger partial charge in [-0.3, -0.25) is 9.59 Å². The van der Waals surface area contributed by atoms with E-state index in [1.54, 1.807) is 21.8 Å². The minimum atomic E-state index is -0.153. The number of carbonyl (C=O) groups is 2. The third-order valence-corrected chi connectivity index (χ3v) is 6.54. The first-order chi connectivity index (χ1) is 15.5. The van der Waals surface area contributed by atoms with Crippen molar-refractivity contribution in [2.75, 3.05) is 22.1 Å². The lowest BCUT2D eigenvalue weighted by molar-refractivity contribution is -0.114. The SMILES string of the molecule is Cn1cnnc1SCC(=O)Nc1cccc2c(NC(=O)CSc3nncn3C)cccc12. The van der Waals surface area contributed by atoms with Crippen LogP contribution in [-0.4, -0.2) is 52.8 Å². The number of carbonyl (C=O) groups excluding carboxylic acids is 2. The summed E-state index contributed by atoms with van der Waals surface area (Å²) >= 11 is 2.62. The summed E-state index contributed by atoms with van der Waals surface area (Å²) < 4.78 is 3.51.